The third-order valence-electron chi connectivity index (χ3n) is 7.89. The fraction of sp³-hybridized carbons (Fsp3) is 0.720. The van der Waals surface area contributed by atoms with Crippen LogP contribution in [0.2, 0.25) is 0 Å². The quantitative estimate of drug-likeness (QED) is 0.381. The van der Waals surface area contributed by atoms with Gasteiger partial charge in [-0.05, 0) is 93.5 Å². The third kappa shape index (κ3) is 4.25. The fourth-order valence-electron chi connectivity index (χ4n) is 5.76. The van der Waals surface area contributed by atoms with Gasteiger partial charge in [0.25, 0.3) is 0 Å². The van der Waals surface area contributed by atoms with Crippen molar-refractivity contribution in [3.63, 3.8) is 0 Å². The average Bonchev–Trinajstić information content (AvgIpc) is 3.02. The van der Waals surface area contributed by atoms with Crippen molar-refractivity contribution in [3.8, 4) is 0 Å². The van der Waals surface area contributed by atoms with Crippen LogP contribution < -0.4 is 0 Å². The first-order valence-corrected chi connectivity index (χ1v) is 10.9. The molecule has 3 aliphatic rings. The van der Waals surface area contributed by atoms with Crippen LogP contribution in [-0.2, 0) is 9.53 Å². The van der Waals surface area contributed by atoms with E-state index in [-0.39, 0.29) is 11.4 Å². The van der Waals surface area contributed by atoms with Crippen LogP contribution in [0.15, 0.2) is 34.9 Å². The molecule has 0 radical (unpaired) electrons. The van der Waals surface area contributed by atoms with Gasteiger partial charge in [0, 0.05) is 6.08 Å². The number of cyclic esters (lactones) is 1. The van der Waals surface area contributed by atoms with E-state index in [0.717, 1.165) is 18.8 Å². The normalized spacial score (nSPS) is 35.8. The van der Waals surface area contributed by atoms with E-state index in [9.17, 15) is 4.79 Å². The highest BCUT2D eigenvalue weighted by Crippen LogP contribution is 2.59. The van der Waals surface area contributed by atoms with E-state index in [4.69, 9.17) is 4.74 Å². The summed E-state index contributed by atoms with van der Waals surface area (Å²) in [5.74, 6) is 1.28. The monoisotopic (exact) mass is 370 g/mol. The Bertz CT molecular complexity index is 664. The van der Waals surface area contributed by atoms with Gasteiger partial charge >= 0.3 is 5.97 Å². The molecule has 4 atom stereocenters. The Kier molecular flexibility index (Phi) is 6.03. The van der Waals surface area contributed by atoms with Crippen molar-refractivity contribution < 1.29 is 9.53 Å². The van der Waals surface area contributed by atoms with Gasteiger partial charge in [-0.25, -0.2) is 4.79 Å². The van der Waals surface area contributed by atoms with Crippen molar-refractivity contribution >= 4 is 5.97 Å². The molecule has 0 N–H and O–H groups in total. The molecular formula is C25H38O2. The van der Waals surface area contributed by atoms with Crippen molar-refractivity contribution in [2.45, 2.75) is 86.0 Å². The van der Waals surface area contributed by atoms with E-state index in [2.05, 4.69) is 46.8 Å². The SMILES string of the molecule is CC(C)=CCC[C@@]1(C)CCC=C2[C@@H]1CC[C@H](C)[C@]2(C)CCC1=CC(=O)OC1. The zero-order valence-electron chi connectivity index (χ0n) is 18.1. The topological polar surface area (TPSA) is 26.3 Å². The highest BCUT2D eigenvalue weighted by Gasteiger charge is 2.49. The van der Waals surface area contributed by atoms with Gasteiger partial charge in [-0.2, -0.15) is 0 Å². The Balaban J connectivity index is 1.77. The molecule has 0 unspecified atom stereocenters. The molecule has 3 rings (SSSR count). The van der Waals surface area contributed by atoms with Gasteiger partial charge in [0.15, 0.2) is 0 Å². The lowest BCUT2D eigenvalue weighted by Crippen LogP contribution is -2.44. The maximum Gasteiger partial charge on any atom is 0.331 e. The zero-order chi connectivity index (χ0) is 19.7. The molecule has 0 amide bonds. The van der Waals surface area contributed by atoms with Crippen molar-refractivity contribution in [1.82, 2.24) is 0 Å². The summed E-state index contributed by atoms with van der Waals surface area (Å²) in [4.78, 5) is 11.4. The lowest BCUT2D eigenvalue weighted by atomic mass is 9.51. The summed E-state index contributed by atoms with van der Waals surface area (Å²) in [7, 11) is 0. The summed E-state index contributed by atoms with van der Waals surface area (Å²) in [6.07, 6.45) is 16.6. The van der Waals surface area contributed by atoms with Gasteiger partial charge in [0.05, 0.1) is 0 Å². The van der Waals surface area contributed by atoms with Gasteiger partial charge in [-0.15, -0.1) is 0 Å². The van der Waals surface area contributed by atoms with Gasteiger partial charge in [-0.1, -0.05) is 44.1 Å². The minimum Gasteiger partial charge on any atom is -0.458 e. The second-order valence-corrected chi connectivity index (χ2v) is 10.0. The van der Waals surface area contributed by atoms with Crippen molar-refractivity contribution in [2.24, 2.45) is 22.7 Å². The van der Waals surface area contributed by atoms with Gasteiger partial charge in [-0.3, -0.25) is 0 Å². The number of carbonyl (C=O) groups excluding carboxylic acids is 1. The lowest BCUT2D eigenvalue weighted by molar-refractivity contribution is -0.134. The molecule has 150 valence electrons. The van der Waals surface area contributed by atoms with E-state index in [0.29, 0.717) is 17.9 Å². The third-order valence-corrected chi connectivity index (χ3v) is 7.89. The smallest absolute Gasteiger partial charge is 0.331 e. The first kappa shape index (κ1) is 20.4. The fourth-order valence-corrected chi connectivity index (χ4v) is 5.76. The Labute approximate surface area is 166 Å². The highest BCUT2D eigenvalue weighted by atomic mass is 16.5. The molecule has 1 saturated carbocycles. The molecule has 0 aromatic carbocycles. The molecule has 0 aromatic heterocycles. The van der Waals surface area contributed by atoms with Crippen LogP contribution in [0.5, 0.6) is 0 Å². The number of rotatable bonds is 6. The second kappa shape index (κ2) is 7.97. The maximum absolute atomic E-state index is 11.4. The number of hydrogen-bond donors (Lipinski definition) is 0. The molecule has 0 aromatic rings. The summed E-state index contributed by atoms with van der Waals surface area (Å²) in [6.45, 7) is 12.4. The summed E-state index contributed by atoms with van der Waals surface area (Å²) in [5, 5.41) is 0. The molecule has 1 fully saturated rings. The summed E-state index contributed by atoms with van der Waals surface area (Å²) in [5.41, 5.74) is 5.04. The summed E-state index contributed by atoms with van der Waals surface area (Å²) < 4.78 is 5.12. The minimum absolute atomic E-state index is 0.159. The van der Waals surface area contributed by atoms with Crippen LogP contribution in [0.3, 0.4) is 0 Å². The number of esters is 1. The number of allylic oxidation sites excluding steroid dienone is 4. The molecule has 2 heteroatoms. The van der Waals surface area contributed by atoms with Crippen molar-refractivity contribution in [3.05, 3.63) is 34.9 Å². The Hall–Kier alpha value is -1.31. The van der Waals surface area contributed by atoms with E-state index in [1.165, 1.54) is 49.7 Å². The van der Waals surface area contributed by atoms with E-state index in [1.54, 1.807) is 11.6 Å². The molecule has 1 heterocycles. The molecule has 27 heavy (non-hydrogen) atoms. The summed E-state index contributed by atoms with van der Waals surface area (Å²) in [6, 6.07) is 0. The highest BCUT2D eigenvalue weighted by molar-refractivity contribution is 5.85. The lowest BCUT2D eigenvalue weighted by Gasteiger charge is -2.54. The largest absolute Gasteiger partial charge is 0.458 e. The van der Waals surface area contributed by atoms with Gasteiger partial charge < -0.3 is 4.74 Å². The number of hydrogen-bond acceptors (Lipinski definition) is 2. The predicted molar refractivity (Wildman–Crippen MR) is 112 cm³/mol. The number of fused-ring (bicyclic) bond motifs is 1. The molecule has 0 bridgehead atoms. The first-order valence-electron chi connectivity index (χ1n) is 10.9. The molecule has 2 nitrogen and oxygen atoms in total. The van der Waals surface area contributed by atoms with Crippen LogP contribution in [0, 0.1) is 22.7 Å². The van der Waals surface area contributed by atoms with Crippen molar-refractivity contribution in [2.75, 3.05) is 6.61 Å². The second-order valence-electron chi connectivity index (χ2n) is 10.0. The molecular weight excluding hydrogens is 332 g/mol. The number of ether oxygens (including phenoxy) is 1. The average molecular weight is 371 g/mol. The van der Waals surface area contributed by atoms with Crippen LogP contribution in [0.4, 0.5) is 0 Å². The van der Waals surface area contributed by atoms with Crippen molar-refractivity contribution in [1.29, 1.82) is 0 Å². The maximum atomic E-state index is 11.4. The molecule has 2 aliphatic carbocycles. The predicted octanol–water partition coefficient (Wildman–Crippen LogP) is 6.78. The van der Waals surface area contributed by atoms with E-state index >= 15 is 0 Å². The van der Waals surface area contributed by atoms with Gasteiger partial charge in [0.2, 0.25) is 0 Å². The minimum atomic E-state index is -0.159. The molecule has 0 saturated heterocycles. The van der Waals surface area contributed by atoms with E-state index < -0.39 is 0 Å². The van der Waals surface area contributed by atoms with Crippen LogP contribution in [0.1, 0.15) is 86.0 Å². The molecule has 0 spiro atoms. The Morgan fingerprint density at radius 3 is 2.70 bits per heavy atom. The Morgan fingerprint density at radius 2 is 2.04 bits per heavy atom. The zero-order valence-corrected chi connectivity index (χ0v) is 18.1. The Morgan fingerprint density at radius 1 is 1.26 bits per heavy atom. The first-order chi connectivity index (χ1) is 12.7. The molecule has 1 aliphatic heterocycles. The van der Waals surface area contributed by atoms with Crippen LogP contribution >= 0.6 is 0 Å². The summed E-state index contributed by atoms with van der Waals surface area (Å²) >= 11 is 0. The van der Waals surface area contributed by atoms with Crippen LogP contribution in [-0.4, -0.2) is 12.6 Å². The number of carbonyl (C=O) groups is 1. The van der Waals surface area contributed by atoms with Gasteiger partial charge in [0.1, 0.15) is 6.61 Å². The van der Waals surface area contributed by atoms with E-state index in [1.807, 2.05) is 0 Å². The van der Waals surface area contributed by atoms with Crippen LogP contribution in [0.25, 0.3) is 0 Å². The standard InChI is InChI=1S/C25H38O2/c1-18(2)8-6-13-24(4)14-7-9-22-21(24)11-10-19(3)25(22,5)15-12-20-16-23(26)27-17-20/h8-9,16,19,21H,6-7,10-15,17H2,1-5H3/t19-,21-,24-,25-/m0/s1.